The molecule has 0 saturated heterocycles. The van der Waals surface area contributed by atoms with E-state index in [1.54, 1.807) is 0 Å². The molecule has 0 N–H and O–H groups in total. The molecule has 7 aromatic rings. The molecule has 2 aliphatic rings. The molecule has 3 nitrogen and oxygen atoms in total. The molecule has 274 valence electrons. The maximum absolute atomic E-state index is 6.69. The quantitative estimate of drug-likeness (QED) is 0.171. The van der Waals surface area contributed by atoms with Gasteiger partial charge in [-0.25, -0.2) is 0 Å². The van der Waals surface area contributed by atoms with E-state index >= 15 is 0 Å². The van der Waals surface area contributed by atoms with E-state index in [9.17, 15) is 0 Å². The predicted molar refractivity (Wildman–Crippen MR) is 236 cm³/mol. The minimum atomic E-state index is 0.0944. The second-order valence-electron chi connectivity index (χ2n) is 17.4. The zero-order valence-corrected chi connectivity index (χ0v) is 32.9. The molecular formula is C52H50N2O. The summed E-state index contributed by atoms with van der Waals surface area (Å²) in [6.07, 6.45) is 17.1. The summed E-state index contributed by atoms with van der Waals surface area (Å²) in [7, 11) is 0. The molecule has 3 heteroatoms. The Kier molecular flexibility index (Phi) is 8.57. The third-order valence-corrected chi connectivity index (χ3v) is 11.5. The molecule has 55 heavy (non-hydrogen) atoms. The maximum Gasteiger partial charge on any atom is 0.136 e. The Morgan fingerprint density at radius 1 is 0.600 bits per heavy atom. The highest BCUT2D eigenvalue weighted by atomic mass is 16.3. The zero-order valence-electron chi connectivity index (χ0n) is 32.9. The first-order valence-corrected chi connectivity index (χ1v) is 19.8. The maximum atomic E-state index is 6.69. The molecule has 2 aliphatic carbocycles. The summed E-state index contributed by atoms with van der Waals surface area (Å²) < 4.78 is 6.69. The molecule has 1 aromatic heterocycles. The first kappa shape index (κ1) is 34.9. The lowest BCUT2D eigenvalue weighted by Gasteiger charge is -2.37. The van der Waals surface area contributed by atoms with Crippen LogP contribution < -0.4 is 9.80 Å². The van der Waals surface area contributed by atoms with E-state index in [1.807, 2.05) is 0 Å². The summed E-state index contributed by atoms with van der Waals surface area (Å²) in [5.74, 6) is 0. The molecular weight excluding hydrogens is 669 g/mol. The van der Waals surface area contributed by atoms with Gasteiger partial charge in [-0.2, -0.15) is 0 Å². The van der Waals surface area contributed by atoms with Crippen LogP contribution in [0.2, 0.25) is 0 Å². The van der Waals surface area contributed by atoms with Crippen molar-refractivity contribution >= 4 is 66.2 Å². The summed E-state index contributed by atoms with van der Waals surface area (Å²) in [6.45, 7) is 13.7. The fraction of sp³-hybridized carbons (Fsp3) is 0.231. The molecule has 0 fully saturated rings. The molecule has 1 atom stereocenters. The van der Waals surface area contributed by atoms with E-state index in [-0.39, 0.29) is 16.9 Å². The molecule has 0 saturated carbocycles. The highest BCUT2D eigenvalue weighted by Crippen LogP contribution is 2.41. The summed E-state index contributed by atoms with van der Waals surface area (Å²) in [4.78, 5) is 4.89. The van der Waals surface area contributed by atoms with Crippen LogP contribution in [0.1, 0.15) is 66.4 Å². The van der Waals surface area contributed by atoms with Crippen LogP contribution in [-0.2, 0) is 5.41 Å². The number of furan rings is 1. The van der Waals surface area contributed by atoms with Crippen LogP contribution in [0.15, 0.2) is 167 Å². The Hall–Kier alpha value is -5.80. The van der Waals surface area contributed by atoms with Crippen LogP contribution in [0.4, 0.5) is 22.7 Å². The fourth-order valence-corrected chi connectivity index (χ4v) is 8.38. The molecule has 0 aliphatic heterocycles. The number of anilines is 4. The summed E-state index contributed by atoms with van der Waals surface area (Å²) in [5.41, 5.74) is 10.8. The lowest BCUT2D eigenvalue weighted by Crippen LogP contribution is -2.34. The van der Waals surface area contributed by atoms with E-state index < -0.39 is 0 Å². The van der Waals surface area contributed by atoms with Crippen LogP contribution in [0, 0.1) is 5.41 Å². The second kappa shape index (κ2) is 13.5. The molecule has 0 amide bonds. The molecule has 1 heterocycles. The molecule has 6 aromatic carbocycles. The summed E-state index contributed by atoms with van der Waals surface area (Å²) in [5, 5.41) is 7.05. The highest BCUT2D eigenvalue weighted by Gasteiger charge is 2.25. The van der Waals surface area contributed by atoms with Crippen molar-refractivity contribution in [1.29, 1.82) is 0 Å². The van der Waals surface area contributed by atoms with Crippen molar-refractivity contribution in [2.24, 2.45) is 5.41 Å². The fourth-order valence-electron chi connectivity index (χ4n) is 8.38. The van der Waals surface area contributed by atoms with Crippen LogP contribution in [0.5, 0.6) is 0 Å². The van der Waals surface area contributed by atoms with Crippen LogP contribution in [-0.4, -0.2) is 6.04 Å². The number of benzene rings is 6. The topological polar surface area (TPSA) is 19.6 Å². The van der Waals surface area contributed by atoms with Gasteiger partial charge < -0.3 is 14.2 Å². The molecule has 0 spiro atoms. The van der Waals surface area contributed by atoms with Gasteiger partial charge in [0.15, 0.2) is 0 Å². The van der Waals surface area contributed by atoms with Gasteiger partial charge in [0.2, 0.25) is 0 Å². The van der Waals surface area contributed by atoms with Crippen molar-refractivity contribution in [3.8, 4) is 0 Å². The number of allylic oxidation sites excluding steroid dienone is 6. The van der Waals surface area contributed by atoms with Crippen molar-refractivity contribution in [3.63, 3.8) is 0 Å². The first-order chi connectivity index (χ1) is 26.5. The zero-order chi connectivity index (χ0) is 37.9. The van der Waals surface area contributed by atoms with E-state index in [4.69, 9.17) is 4.42 Å². The van der Waals surface area contributed by atoms with Gasteiger partial charge in [-0.3, -0.25) is 0 Å². The number of hydrogen-bond acceptors (Lipinski definition) is 3. The third-order valence-electron chi connectivity index (χ3n) is 11.5. The van der Waals surface area contributed by atoms with E-state index in [2.05, 4.69) is 203 Å². The number of fused-ring (bicyclic) bond motifs is 5. The SMILES string of the molecule is CC(C)(C)C1=CCC(N(C2=CC=CCC2)c2ccc3cc4c(cc3c2)oc2cc3cc(N(c5ccccc5)c5ccc(C(C)(C)C)cc5)ccc3cc24)C=C1. The Labute approximate surface area is 325 Å². The monoisotopic (exact) mass is 718 g/mol. The molecule has 1 unspecified atom stereocenters. The van der Waals surface area contributed by atoms with Crippen molar-refractivity contribution in [1.82, 2.24) is 0 Å². The Morgan fingerprint density at radius 2 is 1.22 bits per heavy atom. The Bertz CT molecular complexity index is 2690. The van der Waals surface area contributed by atoms with Gasteiger partial charge in [-0.05, 0) is 142 Å². The smallest absolute Gasteiger partial charge is 0.136 e. The van der Waals surface area contributed by atoms with Crippen molar-refractivity contribution in [2.75, 3.05) is 9.80 Å². The number of rotatable bonds is 6. The second-order valence-corrected chi connectivity index (χ2v) is 17.4. The average molecular weight is 719 g/mol. The summed E-state index contributed by atoms with van der Waals surface area (Å²) in [6, 6.07) is 42.7. The number of para-hydroxylation sites is 1. The molecule has 9 rings (SSSR count). The van der Waals surface area contributed by atoms with Crippen molar-refractivity contribution in [3.05, 3.63) is 169 Å². The Balaban J connectivity index is 1.10. The van der Waals surface area contributed by atoms with Gasteiger partial charge in [0.05, 0.1) is 6.04 Å². The van der Waals surface area contributed by atoms with E-state index in [1.165, 1.54) is 38.7 Å². The van der Waals surface area contributed by atoms with Gasteiger partial charge in [0.1, 0.15) is 11.2 Å². The third kappa shape index (κ3) is 6.67. The minimum absolute atomic E-state index is 0.0944. The number of nitrogens with zero attached hydrogens (tertiary/aromatic N) is 2. The minimum Gasteiger partial charge on any atom is -0.456 e. The van der Waals surface area contributed by atoms with Crippen LogP contribution in [0.25, 0.3) is 43.5 Å². The van der Waals surface area contributed by atoms with Gasteiger partial charge in [-0.15, -0.1) is 0 Å². The van der Waals surface area contributed by atoms with Gasteiger partial charge in [0.25, 0.3) is 0 Å². The van der Waals surface area contributed by atoms with E-state index in [0.717, 1.165) is 63.6 Å². The first-order valence-electron chi connectivity index (χ1n) is 19.8. The molecule has 0 bridgehead atoms. The van der Waals surface area contributed by atoms with Crippen molar-refractivity contribution in [2.45, 2.75) is 72.3 Å². The average Bonchev–Trinajstić information content (AvgIpc) is 3.52. The van der Waals surface area contributed by atoms with Crippen LogP contribution >= 0.6 is 0 Å². The van der Waals surface area contributed by atoms with Crippen molar-refractivity contribution < 1.29 is 4.42 Å². The molecule has 0 radical (unpaired) electrons. The van der Waals surface area contributed by atoms with Gasteiger partial charge in [-0.1, -0.05) is 114 Å². The Morgan fingerprint density at radius 3 is 1.80 bits per heavy atom. The van der Waals surface area contributed by atoms with Gasteiger partial charge >= 0.3 is 0 Å². The largest absolute Gasteiger partial charge is 0.456 e. The predicted octanol–water partition coefficient (Wildman–Crippen LogP) is 15.0. The van der Waals surface area contributed by atoms with E-state index in [0.29, 0.717) is 0 Å². The van der Waals surface area contributed by atoms with Crippen LogP contribution in [0.3, 0.4) is 0 Å². The van der Waals surface area contributed by atoms with Gasteiger partial charge in [0, 0.05) is 39.2 Å². The highest BCUT2D eigenvalue weighted by molar-refractivity contribution is 6.14. The standard InChI is InChI=1S/C52H50N2O/c1-51(2,3)39-19-25-43(26-20-39)53(41-13-9-7-10-14-41)45-23-17-35-31-47-48-32-36-18-24-46(30-38(36)34-50(48)55-49(47)33-37(35)29-45)54(42-15-11-8-12-16-42)44-27-21-40(22-28-44)52(4,5)6/h7-11,13-15,17-27,29-34,44H,12,16,28H2,1-6H3. The normalized spacial score (nSPS) is 16.2. The lowest BCUT2D eigenvalue weighted by molar-refractivity contribution is 0.509. The summed E-state index contributed by atoms with van der Waals surface area (Å²) >= 11 is 0. The lowest BCUT2D eigenvalue weighted by atomic mass is 9.82. The number of hydrogen-bond donors (Lipinski definition) is 0.